The summed E-state index contributed by atoms with van der Waals surface area (Å²) in [6.45, 7) is 6.51. The molecule has 118 valence electrons. The number of hydrogen-bond donors (Lipinski definition) is 1. The second kappa shape index (κ2) is 5.30. The molecule has 1 aromatic carbocycles. The summed E-state index contributed by atoms with van der Waals surface area (Å²) in [4.78, 5) is 25.6. The summed E-state index contributed by atoms with van der Waals surface area (Å²) < 4.78 is 4.76. The first-order valence-corrected chi connectivity index (χ1v) is 7.25. The molecule has 0 atom stereocenters. The maximum absolute atomic E-state index is 11.7. The predicted octanol–water partition coefficient (Wildman–Crippen LogP) is 2.98. The lowest BCUT2D eigenvalue weighted by Gasteiger charge is -2.23. The lowest BCUT2D eigenvalue weighted by Crippen LogP contribution is -2.28. The number of nitrogens with one attached hydrogen (secondary N) is 1. The van der Waals surface area contributed by atoms with Gasteiger partial charge in [0.2, 0.25) is 0 Å². The van der Waals surface area contributed by atoms with E-state index in [9.17, 15) is 4.79 Å². The standard InChI is InChI=1S/C16H20N2O4/c1-16(2,3)21-22-18-8-7-10-11-9-13(15(19)20-4)17-12(11)5-6-14(10)18/h5-6,9,17H,7-8H2,1-4H3. The largest absolute Gasteiger partial charge is 0.464 e. The highest BCUT2D eigenvalue weighted by molar-refractivity contribution is 5.98. The van der Waals surface area contributed by atoms with Gasteiger partial charge in [0.1, 0.15) is 5.69 Å². The first-order valence-electron chi connectivity index (χ1n) is 7.25. The average Bonchev–Trinajstić information content (AvgIpc) is 3.06. The molecule has 0 aliphatic carbocycles. The van der Waals surface area contributed by atoms with Gasteiger partial charge in [-0.15, -0.1) is 4.99 Å². The first kappa shape index (κ1) is 14.9. The minimum absolute atomic E-state index is 0.368. The number of hydroxylamine groups is 1. The lowest BCUT2D eigenvalue weighted by atomic mass is 10.1. The minimum Gasteiger partial charge on any atom is -0.464 e. The van der Waals surface area contributed by atoms with Crippen LogP contribution >= 0.6 is 0 Å². The predicted molar refractivity (Wildman–Crippen MR) is 82.6 cm³/mol. The van der Waals surface area contributed by atoms with Crippen molar-refractivity contribution >= 4 is 22.6 Å². The maximum Gasteiger partial charge on any atom is 0.354 e. The van der Waals surface area contributed by atoms with E-state index in [0.29, 0.717) is 12.2 Å². The Bertz CT molecular complexity index is 715. The van der Waals surface area contributed by atoms with Gasteiger partial charge in [-0.3, -0.25) is 0 Å². The summed E-state index contributed by atoms with van der Waals surface area (Å²) in [7, 11) is 1.37. The number of esters is 1. The Morgan fingerprint density at radius 1 is 1.32 bits per heavy atom. The number of aromatic nitrogens is 1. The van der Waals surface area contributed by atoms with Crippen molar-refractivity contribution in [1.29, 1.82) is 0 Å². The summed E-state index contributed by atoms with van der Waals surface area (Å²) in [5.41, 5.74) is 3.10. The van der Waals surface area contributed by atoms with Gasteiger partial charge in [-0.1, -0.05) is 0 Å². The van der Waals surface area contributed by atoms with Gasteiger partial charge in [0.25, 0.3) is 0 Å². The Balaban J connectivity index is 1.91. The number of H-pyrrole nitrogens is 1. The van der Waals surface area contributed by atoms with Crippen LogP contribution in [-0.2, 0) is 21.0 Å². The van der Waals surface area contributed by atoms with Gasteiger partial charge in [0, 0.05) is 10.9 Å². The molecule has 0 saturated heterocycles. The topological polar surface area (TPSA) is 63.8 Å². The average molecular weight is 304 g/mol. The fraction of sp³-hybridized carbons (Fsp3) is 0.438. The van der Waals surface area contributed by atoms with Crippen LogP contribution in [-0.4, -0.2) is 30.2 Å². The quantitative estimate of drug-likeness (QED) is 0.536. The van der Waals surface area contributed by atoms with Crippen LogP contribution in [0.25, 0.3) is 10.9 Å². The molecule has 0 bridgehead atoms. The summed E-state index contributed by atoms with van der Waals surface area (Å²) in [5.74, 6) is -0.368. The number of anilines is 1. The van der Waals surface area contributed by atoms with Crippen LogP contribution in [0.2, 0.25) is 0 Å². The number of benzene rings is 1. The van der Waals surface area contributed by atoms with Crippen LogP contribution in [0.4, 0.5) is 5.69 Å². The van der Waals surface area contributed by atoms with Crippen molar-refractivity contribution in [2.45, 2.75) is 32.8 Å². The number of nitrogens with zero attached hydrogens (tertiary/aromatic N) is 1. The van der Waals surface area contributed by atoms with Crippen molar-refractivity contribution < 1.29 is 19.4 Å². The summed E-state index contributed by atoms with van der Waals surface area (Å²) in [5, 5.41) is 2.75. The third-order valence-electron chi connectivity index (χ3n) is 3.51. The van der Waals surface area contributed by atoms with E-state index in [2.05, 4.69) is 4.98 Å². The molecule has 1 N–H and O–H groups in total. The van der Waals surface area contributed by atoms with Crippen LogP contribution in [0, 0.1) is 0 Å². The van der Waals surface area contributed by atoms with E-state index in [1.165, 1.54) is 7.11 Å². The first-order chi connectivity index (χ1) is 10.4. The van der Waals surface area contributed by atoms with Crippen molar-refractivity contribution in [3.63, 3.8) is 0 Å². The molecule has 6 heteroatoms. The van der Waals surface area contributed by atoms with E-state index in [1.807, 2.05) is 39.0 Å². The van der Waals surface area contributed by atoms with E-state index < -0.39 is 0 Å². The third-order valence-corrected chi connectivity index (χ3v) is 3.51. The summed E-state index contributed by atoms with van der Waals surface area (Å²) in [6.07, 6.45) is 0.832. The highest BCUT2D eigenvalue weighted by atomic mass is 17.3. The Morgan fingerprint density at radius 2 is 2.09 bits per heavy atom. The summed E-state index contributed by atoms with van der Waals surface area (Å²) in [6, 6.07) is 5.72. The van der Waals surface area contributed by atoms with Gasteiger partial charge in [-0.05, 0) is 51.0 Å². The second-order valence-corrected chi connectivity index (χ2v) is 6.32. The molecule has 1 aliphatic rings. The molecule has 6 nitrogen and oxygen atoms in total. The Morgan fingerprint density at radius 3 is 2.77 bits per heavy atom. The molecule has 0 spiro atoms. The van der Waals surface area contributed by atoms with Crippen molar-refractivity contribution in [3.8, 4) is 0 Å². The molecule has 0 saturated carbocycles. The van der Waals surface area contributed by atoms with Gasteiger partial charge >= 0.3 is 5.97 Å². The van der Waals surface area contributed by atoms with Gasteiger partial charge in [-0.25, -0.2) is 14.7 Å². The molecule has 0 radical (unpaired) electrons. The van der Waals surface area contributed by atoms with E-state index >= 15 is 0 Å². The molecule has 1 aliphatic heterocycles. The molecular weight excluding hydrogens is 284 g/mol. The zero-order chi connectivity index (χ0) is 15.9. The number of fused-ring (bicyclic) bond motifs is 3. The minimum atomic E-state index is -0.376. The van der Waals surface area contributed by atoms with Crippen LogP contribution in [0.1, 0.15) is 36.8 Å². The molecule has 22 heavy (non-hydrogen) atoms. The number of ether oxygens (including phenoxy) is 1. The van der Waals surface area contributed by atoms with Crippen LogP contribution in [0.15, 0.2) is 18.2 Å². The molecule has 2 aromatic rings. The monoisotopic (exact) mass is 304 g/mol. The normalized spacial score (nSPS) is 14.5. The number of hydrogen-bond acceptors (Lipinski definition) is 5. The zero-order valence-corrected chi connectivity index (χ0v) is 13.2. The van der Waals surface area contributed by atoms with Gasteiger partial charge < -0.3 is 9.72 Å². The van der Waals surface area contributed by atoms with Gasteiger partial charge in [-0.2, -0.15) is 0 Å². The number of carbonyl (C=O) groups is 1. The second-order valence-electron chi connectivity index (χ2n) is 6.32. The maximum atomic E-state index is 11.7. The molecular formula is C16H20N2O4. The Kier molecular flexibility index (Phi) is 3.58. The number of carbonyl (C=O) groups excluding carboxylic acids is 1. The van der Waals surface area contributed by atoms with Crippen molar-refractivity contribution in [3.05, 3.63) is 29.5 Å². The number of aromatic amines is 1. The fourth-order valence-electron chi connectivity index (χ4n) is 2.54. The van der Waals surface area contributed by atoms with E-state index in [1.54, 1.807) is 5.06 Å². The van der Waals surface area contributed by atoms with E-state index in [0.717, 1.165) is 28.6 Å². The molecule has 2 heterocycles. The fourth-order valence-corrected chi connectivity index (χ4v) is 2.54. The van der Waals surface area contributed by atoms with E-state index in [4.69, 9.17) is 14.6 Å². The highest BCUT2D eigenvalue weighted by Crippen LogP contribution is 2.35. The van der Waals surface area contributed by atoms with Crippen LogP contribution < -0.4 is 5.06 Å². The van der Waals surface area contributed by atoms with E-state index in [-0.39, 0.29) is 11.6 Å². The third kappa shape index (κ3) is 2.67. The van der Waals surface area contributed by atoms with Crippen molar-refractivity contribution in [1.82, 2.24) is 4.98 Å². The van der Waals surface area contributed by atoms with Gasteiger partial charge in [0.05, 0.1) is 24.9 Å². The Hall–Kier alpha value is -2.05. The Labute approximate surface area is 128 Å². The molecule has 0 fully saturated rings. The van der Waals surface area contributed by atoms with Gasteiger partial charge in [0.15, 0.2) is 0 Å². The molecule has 0 unspecified atom stereocenters. The summed E-state index contributed by atoms with van der Waals surface area (Å²) >= 11 is 0. The molecule has 0 amide bonds. The van der Waals surface area contributed by atoms with Crippen LogP contribution in [0.5, 0.6) is 0 Å². The lowest BCUT2D eigenvalue weighted by molar-refractivity contribution is -0.355. The SMILES string of the molecule is COC(=O)c1cc2c3c(ccc2[nH]1)N(OOC(C)(C)C)CC3. The number of methoxy groups -OCH3 is 1. The molecule has 3 rings (SSSR count). The smallest absolute Gasteiger partial charge is 0.354 e. The highest BCUT2D eigenvalue weighted by Gasteiger charge is 2.26. The zero-order valence-electron chi connectivity index (χ0n) is 13.2. The van der Waals surface area contributed by atoms with Crippen LogP contribution in [0.3, 0.4) is 0 Å². The number of rotatable bonds is 3. The molecule has 1 aromatic heterocycles. The van der Waals surface area contributed by atoms with Crippen molar-refractivity contribution in [2.24, 2.45) is 0 Å². The van der Waals surface area contributed by atoms with Crippen molar-refractivity contribution in [2.75, 3.05) is 18.7 Å².